The molecule has 2 heterocycles. The Kier molecular flexibility index (Phi) is 12.7. The largest absolute Gasteiger partial charge is 0.469 e. The zero-order chi connectivity index (χ0) is 28.2. The Morgan fingerprint density at radius 3 is 2.29 bits per heavy atom. The van der Waals surface area contributed by atoms with Crippen LogP contribution in [0.5, 0.6) is 0 Å². The molecule has 11 nitrogen and oxygen atoms in total. The number of methoxy groups -OCH3 is 1. The molecule has 2 aliphatic rings. The number of hydrogen-bond acceptors (Lipinski definition) is 7. The number of nitrogens with one attached hydrogen (secondary N) is 3. The average Bonchev–Trinajstić information content (AvgIpc) is 2.92. The first-order valence-electron chi connectivity index (χ1n) is 13.9. The lowest BCUT2D eigenvalue weighted by molar-refractivity contribution is -0.148. The van der Waals surface area contributed by atoms with E-state index < -0.39 is 54.3 Å². The monoisotopic (exact) mass is 536 g/mol. The number of ketones is 1. The second-order valence-electron chi connectivity index (χ2n) is 10.3. The van der Waals surface area contributed by atoms with Crippen LogP contribution in [0.1, 0.15) is 91.4 Å². The van der Waals surface area contributed by atoms with Crippen molar-refractivity contribution < 1.29 is 33.5 Å². The summed E-state index contributed by atoms with van der Waals surface area (Å²) in [6.45, 7) is 5.94. The van der Waals surface area contributed by atoms with Crippen molar-refractivity contribution >= 4 is 35.4 Å². The molecule has 3 N–H and O–H groups in total. The van der Waals surface area contributed by atoms with Gasteiger partial charge in [-0.2, -0.15) is 0 Å². The highest BCUT2D eigenvalue weighted by Gasteiger charge is 2.41. The Hall–Kier alpha value is -2.98. The van der Waals surface area contributed by atoms with Crippen molar-refractivity contribution in [3.63, 3.8) is 0 Å². The van der Waals surface area contributed by atoms with Gasteiger partial charge >= 0.3 is 5.97 Å². The van der Waals surface area contributed by atoms with Crippen molar-refractivity contribution in [3.05, 3.63) is 0 Å². The summed E-state index contributed by atoms with van der Waals surface area (Å²) in [5, 5.41) is 8.18. The summed E-state index contributed by atoms with van der Waals surface area (Å²) in [6.07, 6.45) is 5.37. The van der Waals surface area contributed by atoms with E-state index in [1.807, 2.05) is 20.8 Å². The molecule has 11 heteroatoms. The van der Waals surface area contributed by atoms with E-state index in [0.29, 0.717) is 57.9 Å². The molecule has 0 aromatic heterocycles. The summed E-state index contributed by atoms with van der Waals surface area (Å²) in [5.41, 5.74) is 0. The molecule has 0 aromatic carbocycles. The molecule has 0 aromatic rings. The van der Waals surface area contributed by atoms with Crippen LogP contribution in [0.15, 0.2) is 0 Å². The standard InChI is InChI=1S/C27H44N4O7/c1-5-17(3)23-27(37)31-15-11-10-14-21(31)26(36)28-19(13-9-7-8-12-18(32)6-2)24(34)29-20(25(35)30-23)16-22(33)38-4/h17,19-21,23H,5-16H2,1-4H3,(H,28,36)(H,29,34)(H,30,35)/t17?,19-,20-,21+,23-/m0/s1. The average molecular weight is 537 g/mol. The highest BCUT2D eigenvalue weighted by atomic mass is 16.5. The quantitative estimate of drug-likeness (QED) is 0.266. The first-order valence-corrected chi connectivity index (χ1v) is 13.9. The lowest BCUT2D eigenvalue weighted by Gasteiger charge is -2.39. The fourth-order valence-corrected chi connectivity index (χ4v) is 4.88. The Labute approximate surface area is 225 Å². The SMILES string of the molecule is CCC(=O)CCCCC[C@@H]1NC(=O)[C@H]2CCCCN2C(=O)[C@H](C(C)CC)NC(=O)[C@H](CC(=O)OC)NC1=O. The van der Waals surface area contributed by atoms with Crippen LogP contribution >= 0.6 is 0 Å². The summed E-state index contributed by atoms with van der Waals surface area (Å²) >= 11 is 0. The van der Waals surface area contributed by atoms with Crippen molar-refractivity contribution in [2.24, 2.45) is 5.92 Å². The number of piperidine rings is 1. The normalized spacial score (nSPS) is 25.6. The van der Waals surface area contributed by atoms with Gasteiger partial charge in [-0.15, -0.1) is 0 Å². The summed E-state index contributed by atoms with van der Waals surface area (Å²) < 4.78 is 4.72. The van der Waals surface area contributed by atoms with Crippen molar-refractivity contribution in [2.45, 2.75) is 116 Å². The van der Waals surface area contributed by atoms with E-state index >= 15 is 0 Å². The smallest absolute Gasteiger partial charge is 0.308 e. The number of fused-ring (bicyclic) bond motifs is 1. The van der Waals surface area contributed by atoms with Crippen LogP contribution in [-0.2, 0) is 33.5 Å². The van der Waals surface area contributed by atoms with Gasteiger partial charge in [-0.05, 0) is 38.0 Å². The fourth-order valence-electron chi connectivity index (χ4n) is 4.88. The van der Waals surface area contributed by atoms with Gasteiger partial charge < -0.3 is 25.6 Å². The van der Waals surface area contributed by atoms with E-state index in [-0.39, 0.29) is 17.6 Å². The Balaban J connectivity index is 2.34. The minimum atomic E-state index is -1.27. The highest BCUT2D eigenvalue weighted by Crippen LogP contribution is 2.22. The van der Waals surface area contributed by atoms with Crippen LogP contribution < -0.4 is 16.0 Å². The molecule has 0 saturated carbocycles. The van der Waals surface area contributed by atoms with Gasteiger partial charge in [0.25, 0.3) is 0 Å². The molecule has 4 amide bonds. The van der Waals surface area contributed by atoms with Crippen LogP contribution in [0.3, 0.4) is 0 Å². The number of ether oxygens (including phenoxy) is 1. The summed E-state index contributed by atoms with van der Waals surface area (Å²) in [7, 11) is 1.19. The molecule has 38 heavy (non-hydrogen) atoms. The lowest BCUT2D eigenvalue weighted by Crippen LogP contribution is -2.64. The minimum absolute atomic E-state index is 0.177. The van der Waals surface area contributed by atoms with Crippen LogP contribution in [0.25, 0.3) is 0 Å². The molecule has 0 spiro atoms. The molecule has 2 aliphatic heterocycles. The number of carbonyl (C=O) groups is 6. The number of unbranched alkanes of at least 4 members (excludes halogenated alkanes) is 2. The summed E-state index contributed by atoms with van der Waals surface area (Å²) in [4.78, 5) is 78.9. The number of rotatable bonds is 11. The van der Waals surface area contributed by atoms with Crippen molar-refractivity contribution in [3.8, 4) is 0 Å². The number of nitrogens with zero attached hydrogens (tertiary/aromatic N) is 1. The maximum absolute atomic E-state index is 13.7. The Bertz CT molecular complexity index is 877. The number of hydrogen-bond donors (Lipinski definition) is 3. The second-order valence-corrected chi connectivity index (χ2v) is 10.3. The molecule has 5 atom stereocenters. The molecule has 1 unspecified atom stereocenters. The predicted octanol–water partition coefficient (Wildman–Crippen LogP) is 1.37. The van der Waals surface area contributed by atoms with E-state index in [1.165, 1.54) is 12.0 Å². The zero-order valence-electron chi connectivity index (χ0n) is 23.2. The van der Waals surface area contributed by atoms with Gasteiger partial charge in [0.1, 0.15) is 30.0 Å². The molecule has 2 fully saturated rings. The summed E-state index contributed by atoms with van der Waals surface area (Å²) in [5.74, 6) is -2.73. The van der Waals surface area contributed by atoms with Crippen molar-refractivity contribution in [1.82, 2.24) is 20.9 Å². The lowest BCUT2D eigenvalue weighted by atomic mass is 9.93. The predicted molar refractivity (Wildman–Crippen MR) is 140 cm³/mol. The maximum atomic E-state index is 13.7. The van der Waals surface area contributed by atoms with Gasteiger partial charge in [0.2, 0.25) is 23.6 Å². The third-order valence-corrected chi connectivity index (χ3v) is 7.57. The first-order chi connectivity index (χ1) is 18.1. The van der Waals surface area contributed by atoms with E-state index in [1.54, 1.807) is 0 Å². The number of esters is 1. The van der Waals surface area contributed by atoms with Crippen LogP contribution in [0.4, 0.5) is 0 Å². The first kappa shape index (κ1) is 31.2. The van der Waals surface area contributed by atoms with E-state index in [4.69, 9.17) is 4.74 Å². The summed E-state index contributed by atoms with van der Waals surface area (Å²) in [6, 6.07) is -3.87. The maximum Gasteiger partial charge on any atom is 0.308 e. The molecule has 2 saturated heterocycles. The van der Waals surface area contributed by atoms with Gasteiger partial charge in [0.05, 0.1) is 13.5 Å². The molecular formula is C27H44N4O7. The molecule has 2 rings (SSSR count). The highest BCUT2D eigenvalue weighted by molar-refractivity contribution is 5.98. The second kappa shape index (κ2) is 15.4. The van der Waals surface area contributed by atoms with Gasteiger partial charge in [-0.1, -0.05) is 40.0 Å². The minimum Gasteiger partial charge on any atom is -0.469 e. The zero-order valence-corrected chi connectivity index (χ0v) is 23.2. The van der Waals surface area contributed by atoms with E-state index in [0.717, 1.165) is 12.8 Å². The van der Waals surface area contributed by atoms with Gasteiger partial charge in [-0.3, -0.25) is 28.8 Å². The molecule has 0 radical (unpaired) electrons. The topological polar surface area (TPSA) is 151 Å². The van der Waals surface area contributed by atoms with Crippen LogP contribution in [0, 0.1) is 5.92 Å². The number of carbonyl (C=O) groups excluding carboxylic acids is 6. The van der Waals surface area contributed by atoms with Gasteiger partial charge in [-0.25, -0.2) is 0 Å². The molecular weight excluding hydrogens is 492 g/mol. The number of Topliss-reactive ketones (excluding diaryl/α,β-unsaturated/α-hetero) is 1. The fraction of sp³-hybridized carbons (Fsp3) is 0.778. The van der Waals surface area contributed by atoms with Crippen LogP contribution in [-0.4, -0.2) is 78.1 Å². The van der Waals surface area contributed by atoms with Crippen LogP contribution in [0.2, 0.25) is 0 Å². The van der Waals surface area contributed by atoms with E-state index in [2.05, 4.69) is 16.0 Å². The Morgan fingerprint density at radius 2 is 1.63 bits per heavy atom. The van der Waals surface area contributed by atoms with E-state index in [9.17, 15) is 28.8 Å². The molecule has 214 valence electrons. The third kappa shape index (κ3) is 8.80. The molecule has 0 bridgehead atoms. The van der Waals surface area contributed by atoms with Crippen molar-refractivity contribution in [1.29, 1.82) is 0 Å². The third-order valence-electron chi connectivity index (χ3n) is 7.57. The van der Waals surface area contributed by atoms with Gasteiger partial charge in [0, 0.05) is 19.4 Å². The molecule has 0 aliphatic carbocycles. The van der Waals surface area contributed by atoms with Crippen molar-refractivity contribution in [2.75, 3.05) is 13.7 Å². The Morgan fingerprint density at radius 1 is 0.947 bits per heavy atom. The van der Waals surface area contributed by atoms with Gasteiger partial charge in [0.15, 0.2) is 0 Å². The number of amides is 4.